The Morgan fingerprint density at radius 1 is 1.22 bits per heavy atom. The van der Waals surface area contributed by atoms with Crippen molar-refractivity contribution in [2.75, 3.05) is 12.4 Å². The number of rotatable bonds is 4. The van der Waals surface area contributed by atoms with Gasteiger partial charge in [-0.15, -0.1) is 11.3 Å². The minimum atomic E-state index is -1.04. The second-order valence-corrected chi connectivity index (χ2v) is 6.58. The zero-order valence-corrected chi connectivity index (χ0v) is 13.5. The number of aromatic carboxylic acids is 1. The van der Waals surface area contributed by atoms with E-state index in [-0.39, 0.29) is 11.5 Å². The number of carbonyl (C=O) groups is 2. The molecule has 0 aliphatic heterocycles. The Morgan fingerprint density at radius 2 is 2.00 bits per heavy atom. The zero-order valence-electron chi connectivity index (χ0n) is 12.7. The molecule has 0 radical (unpaired) electrons. The predicted octanol–water partition coefficient (Wildman–Crippen LogP) is 3.59. The number of aryl methyl sites for hydroxylation is 2. The lowest BCUT2D eigenvalue weighted by Gasteiger charge is -2.10. The molecule has 0 unspecified atom stereocenters. The highest BCUT2D eigenvalue weighted by Crippen LogP contribution is 2.31. The number of nitrogens with one attached hydrogen (secondary N) is 1. The van der Waals surface area contributed by atoms with Crippen LogP contribution in [0, 0.1) is 0 Å². The number of benzene rings is 1. The van der Waals surface area contributed by atoms with Crippen molar-refractivity contribution in [1.82, 2.24) is 0 Å². The van der Waals surface area contributed by atoms with E-state index in [0.29, 0.717) is 16.3 Å². The molecule has 5 nitrogen and oxygen atoms in total. The number of carbonyl (C=O) groups excluding carboxylic acids is 1. The maximum atomic E-state index is 12.4. The van der Waals surface area contributed by atoms with Crippen molar-refractivity contribution in [1.29, 1.82) is 0 Å². The van der Waals surface area contributed by atoms with E-state index < -0.39 is 5.97 Å². The standard InChI is InChI=1S/C17H17NO4S/c1-22-13-8-11(17(20)21)6-7-12(13)18-16(19)15-9-10-4-2-3-5-14(10)23-15/h6-9H,2-5H2,1H3,(H,18,19)(H,20,21). The molecule has 0 saturated heterocycles. The van der Waals surface area contributed by atoms with Crippen LogP contribution < -0.4 is 10.1 Å². The van der Waals surface area contributed by atoms with Crippen LogP contribution in [0.4, 0.5) is 5.69 Å². The number of fused-ring (bicyclic) bond motifs is 1. The predicted molar refractivity (Wildman–Crippen MR) is 88.9 cm³/mol. The van der Waals surface area contributed by atoms with Crippen molar-refractivity contribution in [2.45, 2.75) is 25.7 Å². The lowest BCUT2D eigenvalue weighted by Crippen LogP contribution is -2.11. The summed E-state index contributed by atoms with van der Waals surface area (Å²) in [6, 6.07) is 6.36. The minimum Gasteiger partial charge on any atom is -0.495 e. The van der Waals surface area contributed by atoms with E-state index in [1.54, 1.807) is 6.07 Å². The van der Waals surface area contributed by atoms with Crippen LogP contribution in [0.2, 0.25) is 0 Å². The molecule has 23 heavy (non-hydrogen) atoms. The third-order valence-electron chi connectivity index (χ3n) is 3.92. The van der Waals surface area contributed by atoms with E-state index >= 15 is 0 Å². The Bertz CT molecular complexity index is 742. The fourth-order valence-electron chi connectivity index (χ4n) is 2.71. The number of anilines is 1. The Kier molecular flexibility index (Phi) is 4.34. The second-order valence-electron chi connectivity index (χ2n) is 5.44. The maximum Gasteiger partial charge on any atom is 0.335 e. The van der Waals surface area contributed by atoms with Crippen LogP contribution >= 0.6 is 11.3 Å². The maximum absolute atomic E-state index is 12.4. The normalized spacial score (nSPS) is 13.3. The first-order valence-corrected chi connectivity index (χ1v) is 8.24. The Labute approximate surface area is 137 Å². The molecule has 120 valence electrons. The van der Waals surface area contributed by atoms with Gasteiger partial charge in [-0.2, -0.15) is 0 Å². The van der Waals surface area contributed by atoms with Gasteiger partial charge in [0.1, 0.15) is 5.75 Å². The molecule has 1 aliphatic rings. The monoisotopic (exact) mass is 331 g/mol. The molecular formula is C17H17NO4S. The number of thiophene rings is 1. The minimum absolute atomic E-state index is 0.117. The Hall–Kier alpha value is -2.34. The molecular weight excluding hydrogens is 314 g/mol. The van der Waals surface area contributed by atoms with Gasteiger partial charge in [-0.1, -0.05) is 0 Å². The molecule has 0 spiro atoms. The fraction of sp³-hybridized carbons (Fsp3) is 0.294. The van der Waals surface area contributed by atoms with Crippen molar-refractivity contribution in [3.63, 3.8) is 0 Å². The molecule has 2 N–H and O–H groups in total. The van der Waals surface area contributed by atoms with Gasteiger partial charge in [0.25, 0.3) is 5.91 Å². The first kappa shape index (κ1) is 15.6. The molecule has 2 aromatic rings. The van der Waals surface area contributed by atoms with E-state index in [0.717, 1.165) is 12.8 Å². The van der Waals surface area contributed by atoms with Crippen molar-refractivity contribution >= 4 is 28.9 Å². The molecule has 1 aromatic carbocycles. The molecule has 1 aliphatic carbocycles. The molecule has 0 bridgehead atoms. The van der Waals surface area contributed by atoms with Crippen LogP contribution in [0.15, 0.2) is 24.3 Å². The number of carboxylic acid groups (broad SMARTS) is 1. The fourth-order valence-corrected chi connectivity index (χ4v) is 3.86. The van der Waals surface area contributed by atoms with Gasteiger partial charge in [0.2, 0.25) is 0 Å². The van der Waals surface area contributed by atoms with Crippen LogP contribution in [0.1, 0.15) is 43.3 Å². The first-order valence-electron chi connectivity index (χ1n) is 7.42. The highest BCUT2D eigenvalue weighted by molar-refractivity contribution is 7.14. The molecule has 1 heterocycles. The zero-order chi connectivity index (χ0) is 16.4. The lowest BCUT2D eigenvalue weighted by molar-refractivity contribution is 0.0696. The van der Waals surface area contributed by atoms with Gasteiger partial charge < -0.3 is 15.2 Å². The highest BCUT2D eigenvalue weighted by Gasteiger charge is 2.18. The third kappa shape index (κ3) is 3.22. The van der Waals surface area contributed by atoms with Crippen molar-refractivity contribution < 1.29 is 19.4 Å². The number of amides is 1. The van der Waals surface area contributed by atoms with Gasteiger partial charge in [0.05, 0.1) is 23.2 Å². The van der Waals surface area contributed by atoms with Crippen molar-refractivity contribution in [3.05, 3.63) is 45.1 Å². The number of methoxy groups -OCH3 is 1. The molecule has 1 aromatic heterocycles. The number of carboxylic acids is 1. The van der Waals surface area contributed by atoms with Gasteiger partial charge in [-0.05, 0) is 55.5 Å². The number of ether oxygens (including phenoxy) is 1. The molecule has 0 atom stereocenters. The highest BCUT2D eigenvalue weighted by atomic mass is 32.1. The summed E-state index contributed by atoms with van der Waals surface area (Å²) in [5.41, 5.74) is 1.86. The Balaban J connectivity index is 1.82. The van der Waals surface area contributed by atoms with Crippen molar-refractivity contribution in [3.8, 4) is 5.75 Å². The number of hydrogen-bond donors (Lipinski definition) is 2. The molecule has 0 saturated carbocycles. The second kappa shape index (κ2) is 6.42. The summed E-state index contributed by atoms with van der Waals surface area (Å²) in [5, 5.41) is 11.8. The molecule has 6 heteroatoms. The van der Waals surface area contributed by atoms with Crippen LogP contribution in [0.3, 0.4) is 0 Å². The quantitative estimate of drug-likeness (QED) is 0.898. The summed E-state index contributed by atoms with van der Waals surface area (Å²) in [5.74, 6) is -0.891. The summed E-state index contributed by atoms with van der Waals surface area (Å²) in [6.45, 7) is 0. The average molecular weight is 331 g/mol. The van der Waals surface area contributed by atoms with Gasteiger partial charge in [-0.25, -0.2) is 4.79 Å². The smallest absolute Gasteiger partial charge is 0.335 e. The van der Waals surface area contributed by atoms with Crippen molar-refractivity contribution in [2.24, 2.45) is 0 Å². The largest absolute Gasteiger partial charge is 0.495 e. The topological polar surface area (TPSA) is 75.6 Å². The van der Waals surface area contributed by atoms with Crippen LogP contribution in [-0.4, -0.2) is 24.1 Å². The third-order valence-corrected chi connectivity index (χ3v) is 5.15. The van der Waals surface area contributed by atoms with E-state index in [1.165, 1.54) is 53.9 Å². The average Bonchev–Trinajstić information content (AvgIpc) is 2.99. The van der Waals surface area contributed by atoms with E-state index in [4.69, 9.17) is 9.84 Å². The molecule has 0 fully saturated rings. The summed E-state index contributed by atoms with van der Waals surface area (Å²) in [6.07, 6.45) is 4.44. The lowest BCUT2D eigenvalue weighted by atomic mass is 9.99. The first-order chi connectivity index (χ1) is 11.1. The summed E-state index contributed by atoms with van der Waals surface area (Å²) in [7, 11) is 1.44. The number of hydrogen-bond acceptors (Lipinski definition) is 4. The Morgan fingerprint density at radius 3 is 2.70 bits per heavy atom. The summed E-state index contributed by atoms with van der Waals surface area (Å²) < 4.78 is 5.18. The van der Waals surface area contributed by atoms with Gasteiger partial charge in [0.15, 0.2) is 0 Å². The summed E-state index contributed by atoms with van der Waals surface area (Å²) in [4.78, 5) is 25.4. The summed E-state index contributed by atoms with van der Waals surface area (Å²) >= 11 is 1.54. The van der Waals surface area contributed by atoms with Gasteiger partial charge in [0, 0.05) is 4.88 Å². The SMILES string of the molecule is COc1cc(C(=O)O)ccc1NC(=O)c1cc2c(s1)CCCC2. The van der Waals surface area contributed by atoms with E-state index in [1.807, 2.05) is 6.07 Å². The van der Waals surface area contributed by atoms with Crippen LogP contribution in [-0.2, 0) is 12.8 Å². The van der Waals surface area contributed by atoms with Gasteiger partial charge >= 0.3 is 5.97 Å². The van der Waals surface area contributed by atoms with Crippen LogP contribution in [0.5, 0.6) is 5.75 Å². The van der Waals surface area contributed by atoms with Crippen LogP contribution in [0.25, 0.3) is 0 Å². The van der Waals surface area contributed by atoms with Gasteiger partial charge in [-0.3, -0.25) is 4.79 Å². The van der Waals surface area contributed by atoms with E-state index in [2.05, 4.69) is 5.32 Å². The van der Waals surface area contributed by atoms with E-state index in [9.17, 15) is 9.59 Å². The molecule has 3 rings (SSSR count). The molecule has 1 amide bonds.